The lowest BCUT2D eigenvalue weighted by Gasteiger charge is -2.28. The third-order valence-electron chi connectivity index (χ3n) is 3.62. The minimum Gasteiger partial charge on any atom is -0.472 e. The van der Waals surface area contributed by atoms with Gasteiger partial charge in [0, 0.05) is 13.2 Å². The minimum atomic E-state index is -0.308. The average Bonchev–Trinajstić information content (AvgIpc) is 3.17. The van der Waals surface area contributed by atoms with Crippen molar-refractivity contribution in [3.8, 4) is 0 Å². The molecule has 1 amide bonds. The number of aromatic nitrogens is 2. The number of rotatable bonds is 4. The van der Waals surface area contributed by atoms with Crippen molar-refractivity contribution < 1.29 is 18.5 Å². The third-order valence-corrected chi connectivity index (χ3v) is 3.62. The molecular weight excluding hydrogens is 274 g/mol. The molecule has 2 aromatic heterocycles. The van der Waals surface area contributed by atoms with Crippen LogP contribution >= 0.6 is 0 Å². The van der Waals surface area contributed by atoms with Crippen LogP contribution in [0.15, 0.2) is 27.5 Å². The molecule has 0 aliphatic carbocycles. The van der Waals surface area contributed by atoms with Crippen LogP contribution in [0.25, 0.3) is 0 Å². The zero-order valence-corrected chi connectivity index (χ0v) is 11.7. The highest BCUT2D eigenvalue weighted by molar-refractivity contribution is 5.93. The Morgan fingerprint density at radius 3 is 2.86 bits per heavy atom. The lowest BCUT2D eigenvalue weighted by atomic mass is 9.91. The van der Waals surface area contributed by atoms with E-state index in [1.807, 2.05) is 0 Å². The maximum absolute atomic E-state index is 12.2. The van der Waals surface area contributed by atoms with E-state index >= 15 is 0 Å². The van der Waals surface area contributed by atoms with Gasteiger partial charge < -0.3 is 19.0 Å². The van der Waals surface area contributed by atoms with Crippen molar-refractivity contribution in [1.29, 1.82) is 0 Å². The molecule has 1 saturated heterocycles. The molecule has 7 heteroatoms. The molecule has 3 rings (SSSR count). The zero-order valence-electron chi connectivity index (χ0n) is 11.7. The Morgan fingerprint density at radius 1 is 1.43 bits per heavy atom. The van der Waals surface area contributed by atoms with Crippen LogP contribution in [0.2, 0.25) is 0 Å². The fraction of sp³-hybridized carbons (Fsp3) is 0.500. The number of hydrogen-bond acceptors (Lipinski definition) is 6. The first kappa shape index (κ1) is 13.8. The van der Waals surface area contributed by atoms with Gasteiger partial charge >= 0.3 is 0 Å². The molecule has 1 aliphatic rings. The summed E-state index contributed by atoms with van der Waals surface area (Å²) in [6.45, 7) is 3.11. The Morgan fingerprint density at radius 2 is 2.24 bits per heavy atom. The molecule has 112 valence electrons. The summed E-state index contributed by atoms with van der Waals surface area (Å²) in [5.41, 5.74) is 0.475. The molecule has 0 saturated carbocycles. The van der Waals surface area contributed by atoms with Gasteiger partial charge in [-0.1, -0.05) is 5.16 Å². The molecule has 7 nitrogen and oxygen atoms in total. The van der Waals surface area contributed by atoms with Gasteiger partial charge in [-0.15, -0.1) is 0 Å². The molecule has 0 spiro atoms. The summed E-state index contributed by atoms with van der Waals surface area (Å²) in [5.74, 6) is 1.00. The highest BCUT2D eigenvalue weighted by atomic mass is 16.5. The lowest BCUT2D eigenvalue weighted by Crippen LogP contribution is -2.36. The van der Waals surface area contributed by atoms with E-state index in [9.17, 15) is 4.79 Å². The molecule has 0 bridgehead atoms. The second kappa shape index (κ2) is 6.09. The maximum Gasteiger partial charge on any atom is 0.255 e. The van der Waals surface area contributed by atoms with Gasteiger partial charge in [-0.2, -0.15) is 4.98 Å². The van der Waals surface area contributed by atoms with Crippen LogP contribution < -0.4 is 5.32 Å². The number of amides is 1. The first-order valence-electron chi connectivity index (χ1n) is 6.95. The van der Waals surface area contributed by atoms with Gasteiger partial charge in [0.1, 0.15) is 12.3 Å². The van der Waals surface area contributed by atoms with Crippen LogP contribution in [0.5, 0.6) is 0 Å². The number of carbonyl (C=O) groups is 1. The molecule has 3 heterocycles. The van der Waals surface area contributed by atoms with Crippen LogP contribution in [-0.2, 0) is 4.74 Å². The summed E-state index contributed by atoms with van der Waals surface area (Å²) < 4.78 is 15.6. The number of carbonyl (C=O) groups excluding carboxylic acids is 1. The Labute approximate surface area is 121 Å². The van der Waals surface area contributed by atoms with E-state index in [1.165, 1.54) is 12.5 Å². The zero-order chi connectivity index (χ0) is 14.7. The monoisotopic (exact) mass is 291 g/mol. The number of nitrogens with one attached hydrogen (secondary N) is 1. The predicted molar refractivity (Wildman–Crippen MR) is 71.5 cm³/mol. The Bertz CT molecular complexity index is 587. The van der Waals surface area contributed by atoms with Crippen molar-refractivity contribution in [2.24, 2.45) is 5.92 Å². The summed E-state index contributed by atoms with van der Waals surface area (Å²) in [6, 6.07) is 1.31. The summed E-state index contributed by atoms with van der Waals surface area (Å²) in [5, 5.41) is 6.78. The van der Waals surface area contributed by atoms with Gasteiger partial charge in [0.05, 0.1) is 11.8 Å². The quantitative estimate of drug-likeness (QED) is 0.924. The van der Waals surface area contributed by atoms with Crippen molar-refractivity contribution in [2.45, 2.75) is 25.8 Å². The first-order valence-corrected chi connectivity index (χ1v) is 6.95. The smallest absolute Gasteiger partial charge is 0.255 e. The second-order valence-corrected chi connectivity index (χ2v) is 5.09. The molecule has 21 heavy (non-hydrogen) atoms. The third kappa shape index (κ3) is 3.13. The average molecular weight is 291 g/mol. The van der Waals surface area contributed by atoms with Crippen molar-refractivity contribution in [3.05, 3.63) is 35.9 Å². The van der Waals surface area contributed by atoms with Crippen molar-refractivity contribution in [1.82, 2.24) is 15.5 Å². The lowest BCUT2D eigenvalue weighted by molar-refractivity contribution is 0.0467. The molecule has 1 unspecified atom stereocenters. The van der Waals surface area contributed by atoms with Crippen molar-refractivity contribution >= 4 is 5.91 Å². The molecule has 0 radical (unpaired) electrons. The highest BCUT2D eigenvalue weighted by Gasteiger charge is 2.31. The topological polar surface area (TPSA) is 90.4 Å². The normalized spacial score (nSPS) is 17.6. The molecule has 0 aromatic carbocycles. The molecule has 1 aliphatic heterocycles. The van der Waals surface area contributed by atoms with Crippen LogP contribution in [0.3, 0.4) is 0 Å². The second-order valence-electron chi connectivity index (χ2n) is 5.09. The standard InChI is InChI=1S/C14H17N3O4/c1-9-15-14(21-17-9)12(10-2-5-19-6-3-10)16-13(18)11-4-7-20-8-11/h4,7-8,10,12H,2-3,5-6H2,1H3,(H,16,18). The van der Waals surface area contributed by atoms with E-state index in [1.54, 1.807) is 13.0 Å². The number of nitrogens with zero attached hydrogens (tertiary/aromatic N) is 2. The molecule has 2 aromatic rings. The first-order chi connectivity index (χ1) is 10.2. The fourth-order valence-corrected chi connectivity index (χ4v) is 2.49. The van der Waals surface area contributed by atoms with Crippen molar-refractivity contribution in [3.63, 3.8) is 0 Å². The van der Waals surface area contributed by atoms with Crippen molar-refractivity contribution in [2.75, 3.05) is 13.2 Å². The summed E-state index contributed by atoms with van der Waals surface area (Å²) in [7, 11) is 0. The van der Waals surface area contributed by atoms with Crippen LogP contribution in [0, 0.1) is 12.8 Å². The number of ether oxygens (including phenoxy) is 1. The maximum atomic E-state index is 12.2. The molecule has 1 fully saturated rings. The molecule has 1 N–H and O–H groups in total. The Kier molecular flexibility index (Phi) is 4.01. The number of hydrogen-bond donors (Lipinski definition) is 1. The molecular formula is C14H17N3O4. The SMILES string of the molecule is Cc1noc(C(NC(=O)c2ccoc2)C2CCOCC2)n1. The summed E-state index contributed by atoms with van der Waals surface area (Å²) >= 11 is 0. The van der Waals surface area contributed by atoms with Gasteiger partial charge in [-0.3, -0.25) is 4.79 Å². The van der Waals surface area contributed by atoms with E-state index in [-0.39, 0.29) is 17.9 Å². The van der Waals surface area contributed by atoms with Crippen LogP contribution in [0.4, 0.5) is 0 Å². The number of furan rings is 1. The molecule has 1 atom stereocenters. The Balaban J connectivity index is 1.79. The minimum absolute atomic E-state index is 0.212. The van der Waals surface area contributed by atoms with Gasteiger partial charge in [0.15, 0.2) is 5.82 Å². The van der Waals surface area contributed by atoms with Gasteiger partial charge in [0.25, 0.3) is 5.91 Å². The van der Waals surface area contributed by atoms with E-state index in [4.69, 9.17) is 13.7 Å². The van der Waals surface area contributed by atoms with Crippen LogP contribution in [-0.4, -0.2) is 29.3 Å². The van der Waals surface area contributed by atoms with Gasteiger partial charge in [0.2, 0.25) is 5.89 Å². The van der Waals surface area contributed by atoms with E-state index in [0.717, 1.165) is 12.8 Å². The summed E-state index contributed by atoms with van der Waals surface area (Å²) in [6.07, 6.45) is 4.57. The number of aryl methyl sites for hydroxylation is 1. The van der Waals surface area contributed by atoms with Gasteiger partial charge in [-0.05, 0) is 31.7 Å². The predicted octanol–water partition coefficient (Wildman–Crippen LogP) is 1.87. The van der Waals surface area contributed by atoms with E-state index < -0.39 is 0 Å². The fourth-order valence-electron chi connectivity index (χ4n) is 2.49. The highest BCUT2D eigenvalue weighted by Crippen LogP contribution is 2.29. The summed E-state index contributed by atoms with van der Waals surface area (Å²) in [4.78, 5) is 16.5. The van der Waals surface area contributed by atoms with Crippen LogP contribution in [0.1, 0.15) is 41.0 Å². The van der Waals surface area contributed by atoms with E-state index in [0.29, 0.717) is 30.5 Å². The van der Waals surface area contributed by atoms with Gasteiger partial charge in [-0.25, -0.2) is 0 Å². The Hall–Kier alpha value is -2.15. The largest absolute Gasteiger partial charge is 0.472 e. The van der Waals surface area contributed by atoms with E-state index in [2.05, 4.69) is 15.5 Å².